The van der Waals surface area contributed by atoms with Gasteiger partial charge in [0.1, 0.15) is 0 Å². The van der Waals surface area contributed by atoms with Gasteiger partial charge in [-0.3, -0.25) is 4.79 Å². The highest BCUT2D eigenvalue weighted by molar-refractivity contribution is 8.00. The highest BCUT2D eigenvalue weighted by Gasteiger charge is 2.22. The van der Waals surface area contributed by atoms with Gasteiger partial charge in [-0.1, -0.05) is 60.6 Å². The van der Waals surface area contributed by atoms with E-state index in [0.29, 0.717) is 16.6 Å². The van der Waals surface area contributed by atoms with Gasteiger partial charge in [0, 0.05) is 23.3 Å². The van der Waals surface area contributed by atoms with Crippen LogP contribution in [0.25, 0.3) is 11.4 Å². The zero-order chi connectivity index (χ0) is 18.5. The van der Waals surface area contributed by atoms with Crippen molar-refractivity contribution >= 4 is 35.0 Å². The van der Waals surface area contributed by atoms with E-state index < -0.39 is 0 Å². The molecule has 0 saturated carbocycles. The summed E-state index contributed by atoms with van der Waals surface area (Å²) in [7, 11) is 1.91. The van der Waals surface area contributed by atoms with Crippen molar-refractivity contribution in [1.29, 1.82) is 0 Å². The molecule has 0 fully saturated rings. The molecule has 0 aliphatic carbocycles. The van der Waals surface area contributed by atoms with E-state index in [1.165, 1.54) is 11.8 Å². The van der Waals surface area contributed by atoms with Crippen molar-refractivity contribution in [2.75, 3.05) is 5.32 Å². The minimum Gasteiger partial charge on any atom is -0.325 e. The lowest BCUT2D eigenvalue weighted by Crippen LogP contribution is -2.25. The lowest BCUT2D eigenvalue weighted by atomic mass is 10.2. The Morgan fingerprint density at radius 2 is 1.85 bits per heavy atom. The minimum atomic E-state index is -0.266. The Hall–Kier alpha value is -2.31. The second-order valence-electron chi connectivity index (χ2n) is 5.74. The molecule has 0 unspecified atom stereocenters. The van der Waals surface area contributed by atoms with Crippen LogP contribution < -0.4 is 5.32 Å². The molecule has 0 radical (unpaired) electrons. The van der Waals surface area contributed by atoms with Gasteiger partial charge in [0.25, 0.3) is 0 Å². The van der Waals surface area contributed by atoms with E-state index in [4.69, 9.17) is 11.6 Å². The quantitative estimate of drug-likeness (QED) is 0.626. The highest BCUT2D eigenvalue weighted by Crippen LogP contribution is 2.28. The van der Waals surface area contributed by atoms with Crippen LogP contribution in [0.2, 0.25) is 5.02 Å². The average molecular weight is 387 g/mol. The molecular weight excluding hydrogens is 368 g/mol. The Morgan fingerprint density at radius 3 is 2.50 bits per heavy atom. The van der Waals surface area contributed by atoms with E-state index in [0.717, 1.165) is 17.1 Å². The SMILES string of the molecule is CC[C@@H](Sc1nnc(-c2ccccc2)n1C)C(=O)Nc1ccc(Cl)cc1. The van der Waals surface area contributed by atoms with E-state index in [1.807, 2.05) is 48.9 Å². The van der Waals surface area contributed by atoms with E-state index in [2.05, 4.69) is 15.5 Å². The number of halogens is 1. The van der Waals surface area contributed by atoms with Crippen LogP contribution in [-0.2, 0) is 11.8 Å². The summed E-state index contributed by atoms with van der Waals surface area (Å²) in [6.07, 6.45) is 0.678. The van der Waals surface area contributed by atoms with Gasteiger partial charge in [-0.15, -0.1) is 10.2 Å². The number of nitrogens with one attached hydrogen (secondary N) is 1. The molecule has 0 aliphatic heterocycles. The zero-order valence-corrected chi connectivity index (χ0v) is 16.1. The lowest BCUT2D eigenvalue weighted by Gasteiger charge is -2.14. The van der Waals surface area contributed by atoms with Crippen LogP contribution in [0.3, 0.4) is 0 Å². The number of carbonyl (C=O) groups is 1. The number of amides is 1. The molecule has 1 atom stereocenters. The first-order valence-corrected chi connectivity index (χ1v) is 9.52. The number of carbonyl (C=O) groups excluding carboxylic acids is 1. The van der Waals surface area contributed by atoms with E-state index >= 15 is 0 Å². The summed E-state index contributed by atoms with van der Waals surface area (Å²) in [6.45, 7) is 1.98. The summed E-state index contributed by atoms with van der Waals surface area (Å²) in [5.74, 6) is 0.713. The van der Waals surface area contributed by atoms with Crippen LogP contribution in [0.4, 0.5) is 5.69 Å². The summed E-state index contributed by atoms with van der Waals surface area (Å²) in [6, 6.07) is 16.9. The molecule has 7 heteroatoms. The molecule has 1 aromatic heterocycles. The number of hydrogen-bond acceptors (Lipinski definition) is 4. The largest absolute Gasteiger partial charge is 0.325 e. The Bertz CT molecular complexity index is 880. The Labute approximate surface area is 161 Å². The van der Waals surface area contributed by atoms with E-state index in [-0.39, 0.29) is 11.2 Å². The lowest BCUT2D eigenvalue weighted by molar-refractivity contribution is -0.115. The molecule has 2 aromatic carbocycles. The summed E-state index contributed by atoms with van der Waals surface area (Å²) >= 11 is 7.29. The summed E-state index contributed by atoms with van der Waals surface area (Å²) < 4.78 is 1.91. The number of anilines is 1. The number of rotatable bonds is 6. The second-order valence-corrected chi connectivity index (χ2v) is 7.35. The molecule has 1 N–H and O–H groups in total. The van der Waals surface area contributed by atoms with Gasteiger partial charge in [0.2, 0.25) is 5.91 Å². The van der Waals surface area contributed by atoms with Crippen molar-refractivity contribution in [1.82, 2.24) is 14.8 Å². The minimum absolute atomic E-state index is 0.0657. The van der Waals surface area contributed by atoms with Crippen molar-refractivity contribution in [3.8, 4) is 11.4 Å². The number of benzene rings is 2. The van der Waals surface area contributed by atoms with Crippen LogP contribution in [0.15, 0.2) is 59.8 Å². The number of thioether (sulfide) groups is 1. The summed E-state index contributed by atoms with van der Waals surface area (Å²) in [5.41, 5.74) is 1.72. The third kappa shape index (κ3) is 4.26. The predicted octanol–water partition coefficient (Wildman–Crippen LogP) is 4.64. The first kappa shape index (κ1) is 18.5. The molecule has 0 saturated heterocycles. The van der Waals surface area contributed by atoms with E-state index in [9.17, 15) is 4.79 Å². The summed E-state index contributed by atoms with van der Waals surface area (Å²) in [5, 5.41) is 12.5. The number of aromatic nitrogens is 3. The van der Waals surface area contributed by atoms with Gasteiger partial charge >= 0.3 is 0 Å². The maximum atomic E-state index is 12.6. The second kappa shape index (κ2) is 8.38. The maximum absolute atomic E-state index is 12.6. The van der Waals surface area contributed by atoms with Gasteiger partial charge < -0.3 is 9.88 Å². The van der Waals surface area contributed by atoms with Crippen molar-refractivity contribution in [2.24, 2.45) is 7.05 Å². The fourth-order valence-electron chi connectivity index (χ4n) is 2.46. The Kier molecular flexibility index (Phi) is 5.96. The molecule has 3 rings (SSSR count). The topological polar surface area (TPSA) is 59.8 Å². The van der Waals surface area contributed by atoms with Gasteiger partial charge in [0.05, 0.1) is 5.25 Å². The molecule has 0 bridgehead atoms. The molecule has 1 amide bonds. The van der Waals surface area contributed by atoms with Crippen molar-refractivity contribution in [3.63, 3.8) is 0 Å². The fourth-order valence-corrected chi connectivity index (χ4v) is 3.51. The standard InChI is InChI=1S/C19H19ClN4OS/c1-3-16(18(25)21-15-11-9-14(20)10-12-15)26-19-23-22-17(24(19)2)13-7-5-4-6-8-13/h4-12,16H,3H2,1-2H3,(H,21,25)/t16-/m1/s1. The molecule has 26 heavy (non-hydrogen) atoms. The van der Waals surface area contributed by atoms with Crippen LogP contribution in [0.1, 0.15) is 13.3 Å². The first-order chi connectivity index (χ1) is 12.6. The maximum Gasteiger partial charge on any atom is 0.237 e. The van der Waals surface area contributed by atoms with Crippen LogP contribution >= 0.6 is 23.4 Å². The molecule has 0 aliphatic rings. The fraction of sp³-hybridized carbons (Fsp3) is 0.211. The van der Waals surface area contributed by atoms with Crippen LogP contribution in [-0.4, -0.2) is 25.9 Å². The van der Waals surface area contributed by atoms with Gasteiger partial charge in [-0.05, 0) is 30.7 Å². The van der Waals surface area contributed by atoms with Crippen LogP contribution in [0.5, 0.6) is 0 Å². The molecular formula is C19H19ClN4OS. The Morgan fingerprint density at radius 1 is 1.15 bits per heavy atom. The van der Waals surface area contributed by atoms with Gasteiger partial charge in [-0.2, -0.15) is 0 Å². The predicted molar refractivity (Wildman–Crippen MR) is 106 cm³/mol. The number of hydrogen-bond donors (Lipinski definition) is 1. The monoisotopic (exact) mass is 386 g/mol. The van der Waals surface area contributed by atoms with Crippen molar-refractivity contribution < 1.29 is 4.79 Å². The molecule has 1 heterocycles. The average Bonchev–Trinajstić information content (AvgIpc) is 3.02. The molecule has 5 nitrogen and oxygen atoms in total. The highest BCUT2D eigenvalue weighted by atomic mass is 35.5. The third-order valence-electron chi connectivity index (χ3n) is 3.89. The third-order valence-corrected chi connectivity index (χ3v) is 5.54. The molecule has 134 valence electrons. The molecule has 3 aromatic rings. The summed E-state index contributed by atoms with van der Waals surface area (Å²) in [4.78, 5) is 12.6. The van der Waals surface area contributed by atoms with Crippen LogP contribution in [0, 0.1) is 0 Å². The number of nitrogens with zero attached hydrogens (tertiary/aromatic N) is 3. The first-order valence-electron chi connectivity index (χ1n) is 8.26. The smallest absolute Gasteiger partial charge is 0.237 e. The van der Waals surface area contributed by atoms with Gasteiger partial charge in [0.15, 0.2) is 11.0 Å². The Balaban J connectivity index is 1.73. The zero-order valence-electron chi connectivity index (χ0n) is 14.5. The molecule has 0 spiro atoms. The van der Waals surface area contributed by atoms with Crippen molar-refractivity contribution in [3.05, 3.63) is 59.6 Å². The van der Waals surface area contributed by atoms with Gasteiger partial charge in [-0.25, -0.2) is 0 Å². The van der Waals surface area contributed by atoms with E-state index in [1.54, 1.807) is 24.3 Å². The van der Waals surface area contributed by atoms with Crippen molar-refractivity contribution in [2.45, 2.75) is 23.8 Å². The normalized spacial score (nSPS) is 12.0.